The molecule has 21 heavy (non-hydrogen) atoms. The average Bonchev–Trinajstić information content (AvgIpc) is 2.44. The summed E-state index contributed by atoms with van der Waals surface area (Å²) in [6.07, 6.45) is 0.455. The first-order valence-corrected chi connectivity index (χ1v) is 6.51. The maximum absolute atomic E-state index is 11.7. The maximum Gasteiger partial charge on any atom is 0.270 e. The number of hydrogen-bond donors (Lipinski definition) is 1. The van der Waals surface area contributed by atoms with Crippen LogP contribution in [0.4, 0.5) is 5.69 Å². The topological polar surface area (TPSA) is 98.5 Å². The number of non-ortho nitro benzene ring substituents is 1. The van der Waals surface area contributed by atoms with Crippen LogP contribution in [-0.4, -0.2) is 29.8 Å². The minimum absolute atomic E-state index is 0.00324. The molecule has 0 radical (unpaired) electrons. The summed E-state index contributed by atoms with van der Waals surface area (Å²) in [5.41, 5.74) is -0.170. The van der Waals surface area contributed by atoms with Gasteiger partial charge in [0.2, 0.25) is 0 Å². The van der Waals surface area contributed by atoms with Gasteiger partial charge >= 0.3 is 0 Å². The van der Waals surface area contributed by atoms with Gasteiger partial charge in [-0.25, -0.2) is 0 Å². The molecule has 0 saturated heterocycles. The molecule has 0 aliphatic rings. The lowest BCUT2D eigenvalue weighted by atomic mass is 10.1. The van der Waals surface area contributed by atoms with Crippen molar-refractivity contribution in [2.24, 2.45) is 5.92 Å². The van der Waals surface area contributed by atoms with Crippen molar-refractivity contribution in [3.63, 3.8) is 0 Å². The van der Waals surface area contributed by atoms with Crippen molar-refractivity contribution in [1.82, 2.24) is 5.32 Å². The van der Waals surface area contributed by atoms with E-state index in [1.54, 1.807) is 0 Å². The summed E-state index contributed by atoms with van der Waals surface area (Å²) >= 11 is 0. The molecule has 1 rings (SSSR count). The number of nitrogens with one attached hydrogen (secondary N) is 1. The first-order valence-electron chi connectivity index (χ1n) is 6.51. The van der Waals surface area contributed by atoms with Crippen molar-refractivity contribution in [2.75, 3.05) is 6.61 Å². The summed E-state index contributed by atoms with van der Waals surface area (Å²) in [5, 5.41) is 13.4. The van der Waals surface area contributed by atoms with Crippen LogP contribution in [0, 0.1) is 16.0 Å². The summed E-state index contributed by atoms with van der Waals surface area (Å²) in [4.78, 5) is 32.6. The molecular weight excluding hydrogens is 276 g/mol. The monoisotopic (exact) mass is 294 g/mol. The van der Waals surface area contributed by atoms with Crippen LogP contribution in [0.2, 0.25) is 0 Å². The highest BCUT2D eigenvalue weighted by atomic mass is 16.6. The summed E-state index contributed by atoms with van der Waals surface area (Å²) in [7, 11) is 0. The number of nitrogens with zero attached hydrogens (tertiary/aromatic N) is 1. The van der Waals surface area contributed by atoms with E-state index < -0.39 is 4.92 Å². The van der Waals surface area contributed by atoms with Crippen LogP contribution < -0.4 is 10.1 Å². The molecular formula is C14H18N2O5. The van der Waals surface area contributed by atoms with Gasteiger partial charge in [-0.05, 0) is 18.9 Å². The third-order valence-electron chi connectivity index (χ3n) is 3.08. The first-order chi connectivity index (χ1) is 9.85. The molecule has 1 atom stereocenters. The van der Waals surface area contributed by atoms with Gasteiger partial charge in [0.1, 0.15) is 5.75 Å². The summed E-state index contributed by atoms with van der Waals surface area (Å²) in [6, 6.07) is 3.64. The van der Waals surface area contributed by atoms with Gasteiger partial charge in [0.15, 0.2) is 12.9 Å². The van der Waals surface area contributed by atoms with Crippen molar-refractivity contribution >= 4 is 17.9 Å². The third kappa shape index (κ3) is 4.87. The van der Waals surface area contributed by atoms with E-state index >= 15 is 0 Å². The van der Waals surface area contributed by atoms with Crippen molar-refractivity contribution in [3.8, 4) is 5.75 Å². The fourth-order valence-corrected chi connectivity index (χ4v) is 1.48. The quantitative estimate of drug-likeness (QED) is 0.471. The Kier molecular flexibility index (Phi) is 5.83. The number of carbonyl (C=O) groups is 2. The summed E-state index contributed by atoms with van der Waals surface area (Å²) < 4.78 is 5.24. The van der Waals surface area contributed by atoms with Crippen LogP contribution in [0.15, 0.2) is 18.2 Å². The maximum atomic E-state index is 11.7. The van der Waals surface area contributed by atoms with E-state index in [1.807, 2.05) is 20.8 Å². The van der Waals surface area contributed by atoms with Crippen molar-refractivity contribution in [2.45, 2.75) is 26.8 Å². The van der Waals surface area contributed by atoms with Crippen LogP contribution in [0.25, 0.3) is 0 Å². The summed E-state index contributed by atoms with van der Waals surface area (Å²) in [6.45, 7) is 5.58. The number of nitro benzene ring substituents is 1. The number of aldehydes is 1. The Labute approximate surface area is 122 Å². The van der Waals surface area contributed by atoms with Crippen molar-refractivity contribution in [1.29, 1.82) is 0 Å². The second-order valence-corrected chi connectivity index (χ2v) is 4.99. The van der Waals surface area contributed by atoms with Crippen molar-refractivity contribution < 1.29 is 19.2 Å². The highest BCUT2D eigenvalue weighted by molar-refractivity contribution is 5.82. The zero-order valence-corrected chi connectivity index (χ0v) is 12.2. The second-order valence-electron chi connectivity index (χ2n) is 4.99. The number of ether oxygens (including phenoxy) is 1. The molecule has 0 bridgehead atoms. The average molecular weight is 294 g/mol. The van der Waals surface area contributed by atoms with Crippen molar-refractivity contribution in [3.05, 3.63) is 33.9 Å². The normalized spacial score (nSPS) is 11.8. The van der Waals surface area contributed by atoms with E-state index in [1.165, 1.54) is 12.1 Å². The minimum Gasteiger partial charge on any atom is -0.483 e. The van der Waals surface area contributed by atoms with Crippen LogP contribution in [0.5, 0.6) is 5.75 Å². The Hall–Kier alpha value is -2.44. The zero-order chi connectivity index (χ0) is 16.0. The standard InChI is InChI=1S/C14H18N2O5/c1-9(2)10(3)15-14(18)8-21-13-5-4-12(16(19)20)6-11(13)7-17/h4-7,9-10H,8H2,1-3H3,(H,15,18). The Balaban J connectivity index is 2.69. The van der Waals surface area contributed by atoms with Crippen LogP contribution in [0.1, 0.15) is 31.1 Å². The van der Waals surface area contributed by atoms with E-state index in [2.05, 4.69) is 5.32 Å². The SMILES string of the molecule is CC(C)C(C)NC(=O)COc1ccc([N+](=O)[O-])cc1C=O. The molecule has 0 aliphatic carbocycles. The largest absolute Gasteiger partial charge is 0.483 e. The third-order valence-corrected chi connectivity index (χ3v) is 3.08. The molecule has 7 heteroatoms. The molecule has 0 spiro atoms. The second kappa shape index (κ2) is 7.37. The lowest BCUT2D eigenvalue weighted by molar-refractivity contribution is -0.384. The van der Waals surface area contributed by atoms with E-state index in [0.29, 0.717) is 12.2 Å². The lowest BCUT2D eigenvalue weighted by Crippen LogP contribution is -2.39. The molecule has 0 fully saturated rings. The van der Waals surface area contributed by atoms with Gasteiger partial charge in [-0.1, -0.05) is 13.8 Å². The van der Waals surface area contributed by atoms with E-state index in [4.69, 9.17) is 4.74 Å². The van der Waals surface area contributed by atoms with Gasteiger partial charge in [-0.2, -0.15) is 0 Å². The van der Waals surface area contributed by atoms with E-state index in [9.17, 15) is 19.7 Å². The highest BCUT2D eigenvalue weighted by Crippen LogP contribution is 2.22. The lowest BCUT2D eigenvalue weighted by Gasteiger charge is -2.17. The number of amides is 1. The van der Waals surface area contributed by atoms with Crippen LogP contribution in [0.3, 0.4) is 0 Å². The smallest absolute Gasteiger partial charge is 0.270 e. The van der Waals surface area contributed by atoms with Crippen LogP contribution >= 0.6 is 0 Å². The predicted octanol–water partition coefficient (Wildman–Crippen LogP) is 1.95. The molecule has 114 valence electrons. The molecule has 1 N–H and O–H groups in total. The molecule has 0 saturated carbocycles. The minimum atomic E-state index is -0.603. The van der Waals surface area contributed by atoms with Gasteiger partial charge in [0.05, 0.1) is 10.5 Å². The van der Waals surface area contributed by atoms with E-state index in [0.717, 1.165) is 6.07 Å². The number of benzene rings is 1. The molecule has 1 aromatic rings. The fraction of sp³-hybridized carbons (Fsp3) is 0.429. The van der Waals surface area contributed by atoms with Gasteiger partial charge < -0.3 is 10.1 Å². The molecule has 1 aromatic carbocycles. The molecule has 7 nitrogen and oxygen atoms in total. The number of carbonyl (C=O) groups excluding carboxylic acids is 2. The van der Waals surface area contributed by atoms with Gasteiger partial charge in [0.25, 0.3) is 11.6 Å². The molecule has 0 aromatic heterocycles. The van der Waals surface area contributed by atoms with Gasteiger partial charge in [-0.15, -0.1) is 0 Å². The molecule has 0 heterocycles. The Morgan fingerprint density at radius 1 is 1.43 bits per heavy atom. The molecule has 1 amide bonds. The van der Waals surface area contributed by atoms with Gasteiger partial charge in [-0.3, -0.25) is 19.7 Å². The van der Waals surface area contributed by atoms with E-state index in [-0.39, 0.29) is 35.6 Å². The predicted molar refractivity (Wildman–Crippen MR) is 76.4 cm³/mol. The zero-order valence-electron chi connectivity index (χ0n) is 12.2. The molecule has 0 aliphatic heterocycles. The fourth-order valence-electron chi connectivity index (χ4n) is 1.48. The Morgan fingerprint density at radius 3 is 2.62 bits per heavy atom. The summed E-state index contributed by atoms with van der Waals surface area (Å²) in [5.74, 6) is 0.119. The molecule has 1 unspecified atom stereocenters. The number of nitro groups is 1. The van der Waals surface area contributed by atoms with Crippen LogP contribution in [-0.2, 0) is 4.79 Å². The number of rotatable bonds is 7. The van der Waals surface area contributed by atoms with Gasteiger partial charge in [0, 0.05) is 18.2 Å². The Morgan fingerprint density at radius 2 is 2.10 bits per heavy atom. The highest BCUT2D eigenvalue weighted by Gasteiger charge is 2.14. The first kappa shape index (κ1) is 16.6. The Bertz CT molecular complexity index is 542. The number of hydrogen-bond acceptors (Lipinski definition) is 5.